The molecule has 3 rings (SSSR count). The lowest BCUT2D eigenvalue weighted by atomic mass is 10.2. The van der Waals surface area contributed by atoms with Gasteiger partial charge in [0, 0.05) is 18.8 Å². The minimum Gasteiger partial charge on any atom is -0.325 e. The Hall–Kier alpha value is -1.49. The van der Waals surface area contributed by atoms with Crippen LogP contribution in [-0.4, -0.2) is 47.2 Å². The third-order valence-electron chi connectivity index (χ3n) is 4.04. The molecule has 1 N–H and O–H groups in total. The Bertz CT molecular complexity index is 849. The zero-order chi connectivity index (χ0) is 18.6. The van der Waals surface area contributed by atoms with Gasteiger partial charge in [0.25, 0.3) is 0 Å². The molecule has 0 bridgehead atoms. The standard InChI is InChI=1S/C16H20N4O3S3/c1-12(25-16-19-17-11-24-16)15(21)18-13-6-5-7-14(10-13)26(22,23)20-8-3-2-4-9-20/h5-7,10-12H,2-4,8-9H2,1H3,(H,18,21)/t12-/m0/s1. The first-order chi connectivity index (χ1) is 12.5. The molecule has 7 nitrogen and oxygen atoms in total. The highest BCUT2D eigenvalue weighted by molar-refractivity contribution is 8.02. The van der Waals surface area contributed by atoms with E-state index in [4.69, 9.17) is 0 Å². The molecule has 1 saturated heterocycles. The van der Waals surface area contributed by atoms with E-state index < -0.39 is 10.0 Å². The third-order valence-corrected chi connectivity index (χ3v) is 7.85. The van der Waals surface area contributed by atoms with Crippen molar-refractivity contribution in [2.24, 2.45) is 0 Å². The molecule has 1 aromatic heterocycles. The second kappa shape index (κ2) is 8.47. The number of sulfonamides is 1. The predicted molar refractivity (Wildman–Crippen MR) is 103 cm³/mol. The quantitative estimate of drug-likeness (QED) is 0.734. The number of amides is 1. The average Bonchev–Trinajstić information content (AvgIpc) is 3.15. The van der Waals surface area contributed by atoms with Crippen molar-refractivity contribution in [1.82, 2.24) is 14.5 Å². The summed E-state index contributed by atoms with van der Waals surface area (Å²) in [5.74, 6) is -0.210. The summed E-state index contributed by atoms with van der Waals surface area (Å²) in [6.45, 7) is 2.87. The molecule has 0 spiro atoms. The molecule has 2 aromatic rings. The topological polar surface area (TPSA) is 92.3 Å². The van der Waals surface area contributed by atoms with Gasteiger partial charge in [0.2, 0.25) is 15.9 Å². The van der Waals surface area contributed by atoms with E-state index in [1.165, 1.54) is 33.5 Å². The number of aromatic nitrogens is 2. The van der Waals surface area contributed by atoms with Crippen LogP contribution in [0.1, 0.15) is 26.2 Å². The number of rotatable bonds is 6. The van der Waals surface area contributed by atoms with Crippen LogP contribution in [0.2, 0.25) is 0 Å². The maximum absolute atomic E-state index is 12.8. The molecule has 26 heavy (non-hydrogen) atoms. The highest BCUT2D eigenvalue weighted by Crippen LogP contribution is 2.26. The first-order valence-corrected chi connectivity index (χ1v) is 11.5. The van der Waals surface area contributed by atoms with E-state index in [-0.39, 0.29) is 16.1 Å². The molecule has 0 aliphatic carbocycles. The van der Waals surface area contributed by atoms with Gasteiger partial charge in [0.1, 0.15) is 5.51 Å². The van der Waals surface area contributed by atoms with Crippen LogP contribution >= 0.6 is 23.1 Å². The van der Waals surface area contributed by atoms with E-state index in [0.717, 1.165) is 19.3 Å². The van der Waals surface area contributed by atoms with Gasteiger partial charge >= 0.3 is 0 Å². The van der Waals surface area contributed by atoms with E-state index in [2.05, 4.69) is 15.5 Å². The third kappa shape index (κ3) is 4.61. The van der Waals surface area contributed by atoms with Crippen molar-refractivity contribution in [3.05, 3.63) is 29.8 Å². The molecule has 140 valence electrons. The molecular weight excluding hydrogens is 392 g/mol. The Morgan fingerprint density at radius 2 is 2.08 bits per heavy atom. The van der Waals surface area contributed by atoms with Crippen molar-refractivity contribution < 1.29 is 13.2 Å². The van der Waals surface area contributed by atoms with Gasteiger partial charge in [-0.3, -0.25) is 4.79 Å². The monoisotopic (exact) mass is 412 g/mol. The zero-order valence-corrected chi connectivity index (χ0v) is 16.7. The normalized spacial score (nSPS) is 17.0. The first kappa shape index (κ1) is 19.3. The lowest BCUT2D eigenvalue weighted by molar-refractivity contribution is -0.115. The largest absolute Gasteiger partial charge is 0.325 e. The number of benzene rings is 1. The van der Waals surface area contributed by atoms with Gasteiger partial charge in [-0.2, -0.15) is 4.31 Å². The van der Waals surface area contributed by atoms with E-state index in [0.29, 0.717) is 23.1 Å². The van der Waals surface area contributed by atoms with Crippen LogP contribution in [0, 0.1) is 0 Å². The summed E-state index contributed by atoms with van der Waals surface area (Å²) in [5, 5.41) is 10.1. The van der Waals surface area contributed by atoms with Crippen LogP contribution < -0.4 is 5.32 Å². The molecule has 1 fully saturated rings. The van der Waals surface area contributed by atoms with Gasteiger partial charge in [0.15, 0.2) is 4.34 Å². The molecule has 1 aliphatic rings. The summed E-state index contributed by atoms with van der Waals surface area (Å²) in [5.41, 5.74) is 2.08. The molecule has 10 heteroatoms. The molecular formula is C16H20N4O3S3. The molecule has 0 radical (unpaired) electrons. The van der Waals surface area contributed by atoms with Gasteiger partial charge in [-0.15, -0.1) is 10.2 Å². The highest BCUT2D eigenvalue weighted by atomic mass is 32.2. The smallest absolute Gasteiger partial charge is 0.243 e. The Balaban J connectivity index is 1.69. The maximum atomic E-state index is 12.8. The lowest BCUT2D eigenvalue weighted by Crippen LogP contribution is -2.35. The summed E-state index contributed by atoms with van der Waals surface area (Å²) in [7, 11) is -3.52. The Labute approximate surface area is 161 Å². The summed E-state index contributed by atoms with van der Waals surface area (Å²) in [4.78, 5) is 12.6. The number of carbonyl (C=O) groups excluding carboxylic acids is 1. The fourth-order valence-electron chi connectivity index (χ4n) is 2.65. The number of piperidine rings is 1. The molecule has 2 heterocycles. The van der Waals surface area contributed by atoms with Crippen LogP contribution in [-0.2, 0) is 14.8 Å². The van der Waals surface area contributed by atoms with Gasteiger partial charge in [-0.05, 0) is 38.0 Å². The average molecular weight is 413 g/mol. The number of nitrogens with one attached hydrogen (secondary N) is 1. The number of hydrogen-bond donors (Lipinski definition) is 1. The summed E-state index contributed by atoms with van der Waals surface area (Å²) in [6.07, 6.45) is 2.83. The Kier molecular flexibility index (Phi) is 6.28. The maximum Gasteiger partial charge on any atom is 0.243 e. The highest BCUT2D eigenvalue weighted by Gasteiger charge is 2.26. The minimum atomic E-state index is -3.52. The van der Waals surface area contributed by atoms with Crippen molar-refractivity contribution in [3.8, 4) is 0 Å². The second-order valence-electron chi connectivity index (χ2n) is 5.95. The van der Waals surface area contributed by atoms with E-state index in [9.17, 15) is 13.2 Å². The SMILES string of the molecule is C[C@H](Sc1nncs1)C(=O)Nc1cccc(S(=O)(=O)N2CCCCC2)c1. The minimum absolute atomic E-state index is 0.210. The number of nitrogens with zero attached hydrogens (tertiary/aromatic N) is 3. The molecule has 0 saturated carbocycles. The van der Waals surface area contributed by atoms with E-state index in [1.807, 2.05) is 0 Å². The van der Waals surface area contributed by atoms with E-state index in [1.54, 1.807) is 30.6 Å². The van der Waals surface area contributed by atoms with Crippen molar-refractivity contribution in [2.75, 3.05) is 18.4 Å². The van der Waals surface area contributed by atoms with Crippen molar-refractivity contribution in [2.45, 2.75) is 40.7 Å². The number of anilines is 1. The summed E-state index contributed by atoms with van der Waals surface area (Å²) in [6, 6.07) is 6.42. The van der Waals surface area contributed by atoms with Crippen LogP contribution in [0.5, 0.6) is 0 Å². The van der Waals surface area contributed by atoms with Crippen LogP contribution in [0.4, 0.5) is 5.69 Å². The van der Waals surface area contributed by atoms with Crippen molar-refractivity contribution in [3.63, 3.8) is 0 Å². The summed E-state index contributed by atoms with van der Waals surface area (Å²) >= 11 is 2.69. The van der Waals surface area contributed by atoms with Crippen molar-refractivity contribution >= 4 is 44.7 Å². The molecule has 1 atom stereocenters. The fraction of sp³-hybridized carbons (Fsp3) is 0.438. The lowest BCUT2D eigenvalue weighted by Gasteiger charge is -2.26. The van der Waals surface area contributed by atoms with Crippen LogP contribution in [0.15, 0.2) is 39.0 Å². The Morgan fingerprint density at radius 1 is 1.31 bits per heavy atom. The number of thioether (sulfide) groups is 1. The first-order valence-electron chi connectivity index (χ1n) is 8.31. The fourth-order valence-corrected chi connectivity index (χ4v) is 5.84. The van der Waals surface area contributed by atoms with E-state index >= 15 is 0 Å². The molecule has 1 aromatic carbocycles. The second-order valence-corrected chi connectivity index (χ2v) is 10.3. The predicted octanol–water partition coefficient (Wildman–Crippen LogP) is 2.83. The van der Waals surface area contributed by atoms with Gasteiger partial charge in [-0.1, -0.05) is 35.6 Å². The van der Waals surface area contributed by atoms with Gasteiger partial charge < -0.3 is 5.32 Å². The van der Waals surface area contributed by atoms with Gasteiger partial charge in [0.05, 0.1) is 10.1 Å². The zero-order valence-electron chi connectivity index (χ0n) is 14.3. The van der Waals surface area contributed by atoms with Crippen LogP contribution in [0.3, 0.4) is 0 Å². The Morgan fingerprint density at radius 3 is 2.77 bits per heavy atom. The van der Waals surface area contributed by atoms with Crippen molar-refractivity contribution in [1.29, 1.82) is 0 Å². The summed E-state index contributed by atoms with van der Waals surface area (Å²) < 4.78 is 27.8. The number of carbonyl (C=O) groups is 1. The van der Waals surface area contributed by atoms with Crippen LogP contribution in [0.25, 0.3) is 0 Å². The van der Waals surface area contributed by atoms with Gasteiger partial charge in [-0.25, -0.2) is 8.42 Å². The molecule has 1 amide bonds. The number of hydrogen-bond acceptors (Lipinski definition) is 7. The molecule has 1 aliphatic heterocycles. The molecule has 0 unspecified atom stereocenters.